The molecular formula is C20H34O2. The standard InChI is InChI=1S/C20H34O2/c1-22-13-5-4-11-20(21,19-6-2-3-7-19)12-10-18-15-16-8-9-17(18)14-16/h8-9,16-19,21H,2-7,10-15H2,1H3. The summed E-state index contributed by atoms with van der Waals surface area (Å²) < 4.78 is 5.17. The van der Waals surface area contributed by atoms with Crippen LogP contribution in [0.3, 0.4) is 0 Å². The van der Waals surface area contributed by atoms with E-state index in [-0.39, 0.29) is 0 Å². The summed E-state index contributed by atoms with van der Waals surface area (Å²) in [5.74, 6) is 3.09. The number of ether oxygens (including phenoxy) is 1. The molecular weight excluding hydrogens is 272 g/mol. The average molecular weight is 306 g/mol. The molecule has 2 bridgehead atoms. The number of methoxy groups -OCH3 is 1. The van der Waals surface area contributed by atoms with Gasteiger partial charge in [0, 0.05) is 13.7 Å². The maximum atomic E-state index is 11.4. The summed E-state index contributed by atoms with van der Waals surface area (Å²) in [5.41, 5.74) is -0.393. The normalized spacial score (nSPS) is 33.6. The highest BCUT2D eigenvalue weighted by Gasteiger charge is 2.40. The van der Waals surface area contributed by atoms with Crippen LogP contribution in [0.1, 0.15) is 70.6 Å². The van der Waals surface area contributed by atoms with Crippen LogP contribution in [0.25, 0.3) is 0 Å². The highest BCUT2D eigenvalue weighted by Crippen LogP contribution is 2.48. The van der Waals surface area contributed by atoms with Gasteiger partial charge in [-0.3, -0.25) is 0 Å². The molecule has 2 saturated carbocycles. The molecule has 0 amide bonds. The van der Waals surface area contributed by atoms with Gasteiger partial charge in [0.05, 0.1) is 5.60 Å². The first-order valence-corrected chi connectivity index (χ1v) is 9.61. The Morgan fingerprint density at radius 3 is 2.55 bits per heavy atom. The van der Waals surface area contributed by atoms with Gasteiger partial charge in [0.25, 0.3) is 0 Å². The van der Waals surface area contributed by atoms with Gasteiger partial charge in [-0.05, 0) is 81.5 Å². The van der Waals surface area contributed by atoms with Crippen LogP contribution in [-0.2, 0) is 4.74 Å². The van der Waals surface area contributed by atoms with E-state index in [9.17, 15) is 5.11 Å². The number of fused-ring (bicyclic) bond motifs is 2. The van der Waals surface area contributed by atoms with Gasteiger partial charge in [-0.2, -0.15) is 0 Å². The second kappa shape index (κ2) is 7.49. The first kappa shape index (κ1) is 16.5. The Labute approximate surface area is 136 Å². The number of hydrogen-bond acceptors (Lipinski definition) is 2. The first-order valence-electron chi connectivity index (χ1n) is 9.61. The maximum absolute atomic E-state index is 11.4. The zero-order valence-electron chi connectivity index (χ0n) is 14.3. The zero-order valence-corrected chi connectivity index (χ0v) is 14.3. The van der Waals surface area contributed by atoms with E-state index in [4.69, 9.17) is 4.74 Å². The van der Waals surface area contributed by atoms with E-state index in [2.05, 4.69) is 12.2 Å². The van der Waals surface area contributed by atoms with Crippen molar-refractivity contribution in [3.8, 4) is 0 Å². The van der Waals surface area contributed by atoms with E-state index in [1.54, 1.807) is 7.11 Å². The van der Waals surface area contributed by atoms with Gasteiger partial charge in [0.1, 0.15) is 0 Å². The topological polar surface area (TPSA) is 29.5 Å². The van der Waals surface area contributed by atoms with Crippen LogP contribution >= 0.6 is 0 Å². The molecule has 1 N–H and O–H groups in total. The molecule has 0 heterocycles. The fourth-order valence-electron chi connectivity index (χ4n) is 5.34. The fourth-order valence-corrected chi connectivity index (χ4v) is 5.34. The SMILES string of the molecule is COCCCCC(O)(CCC1CC2C=CC1C2)C1CCCC1. The Bertz CT molecular complexity index is 372. The molecule has 0 saturated heterocycles. The molecule has 0 spiro atoms. The predicted molar refractivity (Wildman–Crippen MR) is 90.7 cm³/mol. The van der Waals surface area contributed by atoms with Crippen LogP contribution in [0.5, 0.6) is 0 Å². The molecule has 3 aliphatic carbocycles. The minimum Gasteiger partial charge on any atom is -0.390 e. The Hall–Kier alpha value is -0.340. The maximum Gasteiger partial charge on any atom is 0.0676 e. The predicted octanol–water partition coefficient (Wildman–Crippen LogP) is 4.72. The summed E-state index contributed by atoms with van der Waals surface area (Å²) in [7, 11) is 1.77. The van der Waals surface area contributed by atoms with Crippen molar-refractivity contribution < 1.29 is 9.84 Å². The Balaban J connectivity index is 1.52. The van der Waals surface area contributed by atoms with Crippen LogP contribution in [0.2, 0.25) is 0 Å². The molecule has 2 nitrogen and oxygen atoms in total. The van der Waals surface area contributed by atoms with Gasteiger partial charge in [-0.1, -0.05) is 25.0 Å². The van der Waals surface area contributed by atoms with E-state index in [1.165, 1.54) is 44.9 Å². The van der Waals surface area contributed by atoms with Gasteiger partial charge in [0.2, 0.25) is 0 Å². The molecule has 4 atom stereocenters. The molecule has 4 unspecified atom stereocenters. The quantitative estimate of drug-likeness (QED) is 0.493. The third-order valence-corrected chi connectivity index (χ3v) is 6.69. The molecule has 0 radical (unpaired) electrons. The third kappa shape index (κ3) is 3.76. The Morgan fingerprint density at radius 1 is 1.09 bits per heavy atom. The summed E-state index contributed by atoms with van der Waals surface area (Å²) in [6, 6.07) is 0. The first-order chi connectivity index (χ1) is 10.7. The summed E-state index contributed by atoms with van der Waals surface area (Å²) >= 11 is 0. The number of unbranched alkanes of at least 4 members (excludes halogenated alkanes) is 1. The van der Waals surface area contributed by atoms with E-state index >= 15 is 0 Å². The van der Waals surface area contributed by atoms with Gasteiger partial charge in [-0.25, -0.2) is 0 Å². The summed E-state index contributed by atoms with van der Waals surface area (Å²) in [5, 5.41) is 11.4. The van der Waals surface area contributed by atoms with Crippen molar-refractivity contribution in [1.82, 2.24) is 0 Å². The summed E-state index contributed by atoms with van der Waals surface area (Å²) in [6.07, 6.45) is 18.2. The Kier molecular flexibility index (Phi) is 5.62. The molecule has 0 aromatic rings. The lowest BCUT2D eigenvalue weighted by atomic mass is 9.76. The summed E-state index contributed by atoms with van der Waals surface area (Å²) in [6.45, 7) is 0.831. The number of rotatable bonds is 9. The van der Waals surface area contributed by atoms with Crippen LogP contribution in [0, 0.1) is 23.7 Å². The third-order valence-electron chi connectivity index (χ3n) is 6.69. The monoisotopic (exact) mass is 306 g/mol. The second-order valence-corrected chi connectivity index (χ2v) is 8.11. The minimum atomic E-state index is -0.393. The van der Waals surface area contributed by atoms with Crippen molar-refractivity contribution in [3.63, 3.8) is 0 Å². The molecule has 3 rings (SSSR count). The lowest BCUT2D eigenvalue weighted by Gasteiger charge is -2.36. The molecule has 0 aromatic carbocycles. The van der Waals surface area contributed by atoms with E-state index < -0.39 is 5.60 Å². The van der Waals surface area contributed by atoms with Crippen LogP contribution < -0.4 is 0 Å². The van der Waals surface area contributed by atoms with Crippen molar-refractivity contribution in [2.45, 2.75) is 76.2 Å². The molecule has 22 heavy (non-hydrogen) atoms. The lowest BCUT2D eigenvalue weighted by molar-refractivity contribution is -0.0396. The highest BCUT2D eigenvalue weighted by molar-refractivity contribution is 5.10. The van der Waals surface area contributed by atoms with Crippen molar-refractivity contribution in [3.05, 3.63) is 12.2 Å². The van der Waals surface area contributed by atoms with E-state index in [0.717, 1.165) is 50.0 Å². The average Bonchev–Trinajstić information content (AvgIpc) is 3.26. The number of hydrogen-bond donors (Lipinski definition) is 1. The van der Waals surface area contributed by atoms with Crippen molar-refractivity contribution >= 4 is 0 Å². The van der Waals surface area contributed by atoms with Crippen LogP contribution in [0.4, 0.5) is 0 Å². The molecule has 0 aliphatic heterocycles. The van der Waals surface area contributed by atoms with Crippen molar-refractivity contribution in [2.24, 2.45) is 23.7 Å². The molecule has 2 fully saturated rings. The molecule has 2 heteroatoms. The molecule has 3 aliphatic rings. The fraction of sp³-hybridized carbons (Fsp3) is 0.900. The zero-order chi connectivity index (χ0) is 15.4. The second-order valence-electron chi connectivity index (χ2n) is 8.11. The largest absolute Gasteiger partial charge is 0.390 e. The molecule has 126 valence electrons. The van der Waals surface area contributed by atoms with Crippen molar-refractivity contribution in [2.75, 3.05) is 13.7 Å². The van der Waals surface area contributed by atoms with Gasteiger partial charge in [0.15, 0.2) is 0 Å². The lowest BCUT2D eigenvalue weighted by Crippen LogP contribution is -2.37. The van der Waals surface area contributed by atoms with E-state index in [1.807, 2.05) is 0 Å². The van der Waals surface area contributed by atoms with Crippen molar-refractivity contribution in [1.29, 1.82) is 0 Å². The minimum absolute atomic E-state index is 0.393. The van der Waals surface area contributed by atoms with Gasteiger partial charge >= 0.3 is 0 Å². The highest BCUT2D eigenvalue weighted by atomic mass is 16.5. The number of allylic oxidation sites excluding steroid dienone is 2. The van der Waals surface area contributed by atoms with Crippen LogP contribution in [0.15, 0.2) is 12.2 Å². The smallest absolute Gasteiger partial charge is 0.0676 e. The van der Waals surface area contributed by atoms with Gasteiger partial charge < -0.3 is 9.84 Å². The Morgan fingerprint density at radius 2 is 1.91 bits per heavy atom. The number of aliphatic hydroxyl groups is 1. The molecule has 0 aromatic heterocycles. The van der Waals surface area contributed by atoms with Crippen LogP contribution in [-0.4, -0.2) is 24.4 Å². The summed E-state index contributed by atoms with van der Waals surface area (Å²) in [4.78, 5) is 0. The van der Waals surface area contributed by atoms with Gasteiger partial charge in [-0.15, -0.1) is 0 Å². The van der Waals surface area contributed by atoms with E-state index in [0.29, 0.717) is 5.92 Å².